The number of rotatable bonds is 4. The van der Waals surface area contributed by atoms with Crippen molar-refractivity contribution in [1.29, 1.82) is 0 Å². The van der Waals surface area contributed by atoms with Gasteiger partial charge in [0.25, 0.3) is 0 Å². The van der Waals surface area contributed by atoms with E-state index in [1.807, 2.05) is 19.1 Å². The van der Waals surface area contributed by atoms with Crippen LogP contribution in [0.4, 0.5) is 4.39 Å². The maximum atomic E-state index is 14.2. The van der Waals surface area contributed by atoms with Gasteiger partial charge in [0.2, 0.25) is 6.17 Å². The first-order valence-electron chi connectivity index (χ1n) is 6.33. The van der Waals surface area contributed by atoms with E-state index in [0.29, 0.717) is 5.56 Å². The van der Waals surface area contributed by atoms with Crippen molar-refractivity contribution >= 4 is 5.97 Å². The Kier molecular flexibility index (Phi) is 4.69. The molecule has 0 aliphatic rings. The number of benzene rings is 1. The van der Waals surface area contributed by atoms with Crippen molar-refractivity contribution in [1.82, 2.24) is 0 Å². The van der Waals surface area contributed by atoms with E-state index in [4.69, 9.17) is 0 Å². The molecule has 1 aromatic carbocycles. The monoisotopic (exact) mass is 268 g/mol. The van der Waals surface area contributed by atoms with Gasteiger partial charge in [-0.05, 0) is 51.3 Å². The Hall–Kier alpha value is -1.42. The van der Waals surface area contributed by atoms with Crippen molar-refractivity contribution in [2.45, 2.75) is 46.4 Å². The number of esters is 1. The molecule has 0 aromatic heterocycles. The van der Waals surface area contributed by atoms with E-state index in [0.717, 1.165) is 16.7 Å². The van der Waals surface area contributed by atoms with Crippen LogP contribution in [0.3, 0.4) is 0 Å². The summed E-state index contributed by atoms with van der Waals surface area (Å²) in [4.78, 5) is 11.5. The van der Waals surface area contributed by atoms with Crippen LogP contribution >= 0.6 is 0 Å². The topological polar surface area (TPSA) is 46.5 Å². The van der Waals surface area contributed by atoms with Crippen LogP contribution in [-0.2, 0) is 15.1 Å². The number of aryl methyl sites for hydroxylation is 3. The molecular weight excluding hydrogens is 247 g/mol. The largest absolute Gasteiger partial charge is 0.464 e. The summed E-state index contributed by atoms with van der Waals surface area (Å²) in [6.07, 6.45) is -2.10. The Balaban J connectivity index is 3.23. The zero-order valence-corrected chi connectivity index (χ0v) is 12.1. The van der Waals surface area contributed by atoms with Crippen molar-refractivity contribution in [3.63, 3.8) is 0 Å². The van der Waals surface area contributed by atoms with Crippen molar-refractivity contribution in [3.8, 4) is 0 Å². The molecule has 1 rings (SSSR count). The zero-order valence-electron chi connectivity index (χ0n) is 12.1. The number of ether oxygens (including phenoxy) is 1. The second-order valence-corrected chi connectivity index (χ2v) is 5.04. The summed E-state index contributed by atoms with van der Waals surface area (Å²) in [6.45, 7) is 8.50. The van der Waals surface area contributed by atoms with Crippen LogP contribution in [0, 0.1) is 20.8 Å². The number of hydrogen-bond donors (Lipinski definition) is 1. The highest BCUT2D eigenvalue weighted by Crippen LogP contribution is 2.33. The Morgan fingerprint density at radius 1 is 1.37 bits per heavy atom. The van der Waals surface area contributed by atoms with Gasteiger partial charge in [-0.2, -0.15) is 0 Å². The fraction of sp³-hybridized carbons (Fsp3) is 0.533. The highest BCUT2D eigenvalue weighted by Gasteiger charge is 2.42. The molecule has 0 heterocycles. The third-order valence-corrected chi connectivity index (χ3v) is 3.17. The summed E-state index contributed by atoms with van der Waals surface area (Å²) in [5.41, 5.74) is 1.09. The lowest BCUT2D eigenvalue weighted by molar-refractivity contribution is -0.160. The Labute approximate surface area is 113 Å². The first-order valence-corrected chi connectivity index (χ1v) is 6.33. The van der Waals surface area contributed by atoms with Crippen molar-refractivity contribution in [2.75, 3.05) is 6.61 Å². The molecule has 1 N–H and O–H groups in total. The summed E-state index contributed by atoms with van der Waals surface area (Å²) in [7, 11) is 0. The Bertz CT molecular complexity index is 457. The van der Waals surface area contributed by atoms with Crippen LogP contribution in [0.15, 0.2) is 12.1 Å². The van der Waals surface area contributed by atoms with Gasteiger partial charge < -0.3 is 9.84 Å². The average molecular weight is 268 g/mol. The molecule has 0 aliphatic carbocycles. The first-order chi connectivity index (χ1) is 8.71. The van der Waals surface area contributed by atoms with Crippen LogP contribution in [0.1, 0.15) is 36.1 Å². The van der Waals surface area contributed by atoms with Crippen LogP contribution in [0.5, 0.6) is 0 Å². The van der Waals surface area contributed by atoms with Crippen molar-refractivity contribution in [2.24, 2.45) is 0 Å². The number of halogens is 1. The molecule has 3 nitrogen and oxygen atoms in total. The third-order valence-electron chi connectivity index (χ3n) is 3.17. The predicted octanol–water partition coefficient (Wildman–Crippen LogP) is 2.72. The highest BCUT2D eigenvalue weighted by atomic mass is 19.1. The van der Waals surface area contributed by atoms with E-state index >= 15 is 0 Å². The summed E-state index contributed by atoms with van der Waals surface area (Å²) in [5, 5.41) is 10.4. The van der Waals surface area contributed by atoms with E-state index in [9.17, 15) is 14.3 Å². The molecule has 19 heavy (non-hydrogen) atoms. The molecule has 0 radical (unpaired) electrons. The maximum absolute atomic E-state index is 14.2. The molecule has 1 aromatic rings. The molecule has 0 saturated carbocycles. The van der Waals surface area contributed by atoms with Crippen molar-refractivity contribution in [3.05, 3.63) is 34.4 Å². The minimum atomic E-state index is -2.10. The van der Waals surface area contributed by atoms with E-state index in [1.54, 1.807) is 20.8 Å². The lowest BCUT2D eigenvalue weighted by Gasteiger charge is -2.29. The van der Waals surface area contributed by atoms with Crippen LogP contribution in [0.2, 0.25) is 0 Å². The van der Waals surface area contributed by atoms with Gasteiger partial charge in [-0.25, -0.2) is 9.18 Å². The molecule has 106 valence electrons. The average Bonchev–Trinajstić information content (AvgIpc) is 2.26. The summed E-state index contributed by atoms with van der Waals surface area (Å²) in [5.74, 6) is -1.04. The van der Waals surface area contributed by atoms with Gasteiger partial charge in [0.15, 0.2) is 0 Å². The van der Waals surface area contributed by atoms with E-state index in [-0.39, 0.29) is 6.61 Å². The molecule has 0 saturated heterocycles. The number of alkyl halides is 1. The summed E-state index contributed by atoms with van der Waals surface area (Å²) >= 11 is 0. The SMILES string of the molecule is CCOC(=O)C(F)C(C)(O)c1c(C)cc(C)cc1C. The van der Waals surface area contributed by atoms with Gasteiger partial charge in [0.05, 0.1) is 6.61 Å². The molecule has 2 unspecified atom stereocenters. The zero-order chi connectivity index (χ0) is 14.8. The Morgan fingerprint density at radius 2 is 1.84 bits per heavy atom. The van der Waals surface area contributed by atoms with Crippen LogP contribution < -0.4 is 0 Å². The highest BCUT2D eigenvalue weighted by molar-refractivity contribution is 5.76. The fourth-order valence-electron chi connectivity index (χ4n) is 2.55. The lowest BCUT2D eigenvalue weighted by atomic mass is 9.84. The summed E-state index contributed by atoms with van der Waals surface area (Å²) in [6, 6.07) is 3.71. The molecule has 0 bridgehead atoms. The van der Waals surface area contributed by atoms with Crippen LogP contribution in [0.25, 0.3) is 0 Å². The van der Waals surface area contributed by atoms with Gasteiger partial charge in [0, 0.05) is 0 Å². The number of hydrogen-bond acceptors (Lipinski definition) is 3. The molecule has 4 heteroatoms. The van der Waals surface area contributed by atoms with E-state index in [1.165, 1.54) is 6.92 Å². The van der Waals surface area contributed by atoms with Crippen molar-refractivity contribution < 1.29 is 19.0 Å². The molecule has 0 fully saturated rings. The molecule has 2 atom stereocenters. The Morgan fingerprint density at radius 3 is 2.26 bits per heavy atom. The fourth-order valence-corrected chi connectivity index (χ4v) is 2.55. The minimum absolute atomic E-state index is 0.0845. The van der Waals surface area contributed by atoms with Gasteiger partial charge in [-0.15, -0.1) is 0 Å². The molecule has 0 aliphatic heterocycles. The van der Waals surface area contributed by atoms with Gasteiger partial charge in [-0.3, -0.25) is 0 Å². The minimum Gasteiger partial charge on any atom is -0.464 e. The normalized spacial score (nSPS) is 15.7. The summed E-state index contributed by atoms with van der Waals surface area (Å²) < 4.78 is 18.8. The molecule has 0 amide bonds. The first kappa shape index (κ1) is 15.6. The molecule has 0 spiro atoms. The van der Waals surface area contributed by atoms with E-state index in [2.05, 4.69) is 4.74 Å². The maximum Gasteiger partial charge on any atom is 0.344 e. The number of carbonyl (C=O) groups is 1. The molecular formula is C15H21FO3. The third kappa shape index (κ3) is 3.13. The van der Waals surface area contributed by atoms with Gasteiger partial charge in [-0.1, -0.05) is 17.7 Å². The number of aliphatic hydroxyl groups is 1. The smallest absolute Gasteiger partial charge is 0.344 e. The quantitative estimate of drug-likeness (QED) is 0.854. The van der Waals surface area contributed by atoms with Gasteiger partial charge >= 0.3 is 5.97 Å². The van der Waals surface area contributed by atoms with Crippen LogP contribution in [-0.4, -0.2) is 23.9 Å². The second-order valence-electron chi connectivity index (χ2n) is 5.04. The lowest BCUT2D eigenvalue weighted by Crippen LogP contribution is -2.41. The second kappa shape index (κ2) is 5.70. The predicted molar refractivity (Wildman–Crippen MR) is 71.8 cm³/mol. The van der Waals surface area contributed by atoms with Gasteiger partial charge in [0.1, 0.15) is 5.60 Å². The van der Waals surface area contributed by atoms with E-state index < -0.39 is 17.7 Å². The number of carbonyl (C=O) groups excluding carboxylic acids is 1. The standard InChI is InChI=1S/C15H21FO3/c1-6-19-14(17)13(16)15(5,18)12-10(3)7-9(2)8-11(12)4/h7-8,13,18H,6H2,1-5H3.